The second kappa shape index (κ2) is 15.9. The molecule has 2 aliphatic carbocycles. The molecular weight excluding hydrogens is 674 g/mol. The normalized spacial score (nSPS) is 23.9. The van der Waals surface area contributed by atoms with Crippen molar-refractivity contribution in [1.29, 1.82) is 0 Å². The molecule has 1 aromatic heterocycles. The van der Waals surface area contributed by atoms with Crippen molar-refractivity contribution in [3.63, 3.8) is 0 Å². The number of nitrogens with one attached hydrogen (secondary N) is 3. The smallest absolute Gasteiger partial charge is 0.329 e. The largest absolute Gasteiger partial charge is 0.488 e. The average molecular weight is 726 g/mol. The number of nitrogens with zero attached hydrogens (tertiary/aromatic N) is 2. The van der Waals surface area contributed by atoms with Gasteiger partial charge in [0.05, 0.1) is 17.8 Å². The van der Waals surface area contributed by atoms with Crippen molar-refractivity contribution in [2.45, 2.75) is 109 Å². The first-order valence-corrected chi connectivity index (χ1v) is 19.0. The summed E-state index contributed by atoms with van der Waals surface area (Å²) in [5, 5.41) is 19.5. The molecule has 3 aromatic rings. The van der Waals surface area contributed by atoms with Gasteiger partial charge in [-0.25, -0.2) is 9.78 Å². The Kier molecular flexibility index (Phi) is 11.3. The highest BCUT2D eigenvalue weighted by molar-refractivity contribution is 5.97. The highest BCUT2D eigenvalue weighted by Crippen LogP contribution is 2.46. The zero-order valence-corrected chi connectivity index (χ0v) is 31.0. The Morgan fingerprint density at radius 1 is 0.981 bits per heavy atom. The van der Waals surface area contributed by atoms with Crippen LogP contribution < -0.4 is 20.7 Å². The van der Waals surface area contributed by atoms with Gasteiger partial charge in [-0.15, -0.1) is 0 Å². The third-order valence-electron chi connectivity index (χ3n) is 11.2. The number of benzene rings is 2. The summed E-state index contributed by atoms with van der Waals surface area (Å²) in [5.41, 5.74) is 0.944. The fraction of sp³-hybridized carbons (Fsp3) is 0.512. The number of rotatable bonds is 13. The van der Waals surface area contributed by atoms with E-state index in [1.807, 2.05) is 81.4 Å². The number of carbonyl (C=O) groups excluding carboxylic acids is 4. The lowest BCUT2D eigenvalue weighted by Gasteiger charge is -2.34. The molecule has 4 amide bonds. The monoisotopic (exact) mass is 725 g/mol. The molecule has 0 spiro atoms. The summed E-state index contributed by atoms with van der Waals surface area (Å²) in [6.07, 6.45) is 4.96. The molecule has 1 saturated heterocycles. The lowest BCUT2D eigenvalue weighted by atomic mass is 9.83. The number of aromatic nitrogens is 1. The molecule has 2 heterocycles. The minimum absolute atomic E-state index is 0.0301. The lowest BCUT2D eigenvalue weighted by molar-refractivity contribution is -0.146. The first-order valence-electron chi connectivity index (χ1n) is 19.0. The van der Waals surface area contributed by atoms with E-state index in [0.717, 1.165) is 48.6 Å². The maximum absolute atomic E-state index is 14.6. The first-order chi connectivity index (χ1) is 25.4. The third kappa shape index (κ3) is 8.16. The summed E-state index contributed by atoms with van der Waals surface area (Å²) < 4.78 is 6.66. The maximum Gasteiger partial charge on any atom is 0.329 e. The molecule has 0 radical (unpaired) electrons. The van der Waals surface area contributed by atoms with Crippen molar-refractivity contribution in [2.75, 3.05) is 6.54 Å². The number of pyridine rings is 1. The fourth-order valence-electron chi connectivity index (χ4n) is 8.17. The molecule has 6 rings (SSSR count). The van der Waals surface area contributed by atoms with E-state index >= 15 is 0 Å². The van der Waals surface area contributed by atoms with Crippen LogP contribution in [-0.4, -0.2) is 80.9 Å². The molecule has 1 aliphatic heterocycles. The Bertz CT molecular complexity index is 1840. The molecule has 3 fully saturated rings. The summed E-state index contributed by atoms with van der Waals surface area (Å²) in [5.74, 6) is -2.98. The SMILES string of the molecule is CC[C@@H]1CC1(NC(=O)[C@@H]1C[C@@H](Oc2cc(-c3ccccc3)nc3ccccc23)CN1C(=O)[C@@H](NC(=O)[C@@H](NC(C)=O)C1CCCCC1)C(C)C)C(=O)O. The number of carboxylic acid groups (broad SMARTS) is 1. The quantitative estimate of drug-likeness (QED) is 0.194. The third-order valence-corrected chi connectivity index (χ3v) is 11.2. The van der Waals surface area contributed by atoms with Crippen molar-refractivity contribution >= 4 is 40.5 Å². The van der Waals surface area contributed by atoms with Crippen LogP contribution in [0.4, 0.5) is 0 Å². The van der Waals surface area contributed by atoms with Crippen LogP contribution in [0.5, 0.6) is 5.75 Å². The molecule has 2 aromatic carbocycles. The average Bonchev–Trinajstić information content (AvgIpc) is 3.72. The number of hydrogen-bond donors (Lipinski definition) is 4. The van der Waals surface area contributed by atoms with Gasteiger partial charge in [0.25, 0.3) is 0 Å². The summed E-state index contributed by atoms with van der Waals surface area (Å²) in [7, 11) is 0. The molecule has 6 atom stereocenters. The molecular formula is C41H51N5O7. The minimum atomic E-state index is -1.39. The van der Waals surface area contributed by atoms with Gasteiger partial charge in [-0.3, -0.25) is 19.2 Å². The van der Waals surface area contributed by atoms with Gasteiger partial charge in [0, 0.05) is 30.4 Å². The Morgan fingerprint density at radius 2 is 1.68 bits per heavy atom. The zero-order chi connectivity index (χ0) is 37.9. The number of hydrogen-bond acceptors (Lipinski definition) is 7. The first kappa shape index (κ1) is 37.7. The van der Waals surface area contributed by atoms with E-state index in [9.17, 15) is 29.1 Å². The summed E-state index contributed by atoms with van der Waals surface area (Å²) >= 11 is 0. The van der Waals surface area contributed by atoms with Crippen molar-refractivity contribution in [2.24, 2.45) is 17.8 Å². The van der Waals surface area contributed by atoms with E-state index in [1.54, 1.807) is 0 Å². The van der Waals surface area contributed by atoms with E-state index in [1.165, 1.54) is 11.8 Å². The Labute approximate surface area is 310 Å². The Hall–Kier alpha value is -5.00. The van der Waals surface area contributed by atoms with Gasteiger partial charge in [0.15, 0.2) is 0 Å². The number of carboxylic acids is 1. The number of para-hydroxylation sites is 1. The van der Waals surface area contributed by atoms with Gasteiger partial charge >= 0.3 is 5.97 Å². The Morgan fingerprint density at radius 3 is 2.32 bits per heavy atom. The molecule has 12 nitrogen and oxygen atoms in total. The number of aliphatic carboxylic acids is 1. The van der Waals surface area contributed by atoms with Crippen LogP contribution in [0, 0.1) is 17.8 Å². The molecule has 3 aliphatic rings. The van der Waals surface area contributed by atoms with Crippen LogP contribution in [0.15, 0.2) is 60.7 Å². The van der Waals surface area contributed by atoms with Gasteiger partial charge in [0.1, 0.15) is 35.5 Å². The minimum Gasteiger partial charge on any atom is -0.488 e. The van der Waals surface area contributed by atoms with Gasteiger partial charge < -0.3 is 30.7 Å². The maximum atomic E-state index is 14.6. The van der Waals surface area contributed by atoms with Crippen LogP contribution in [0.2, 0.25) is 0 Å². The van der Waals surface area contributed by atoms with Crippen LogP contribution in [0.3, 0.4) is 0 Å². The Balaban J connectivity index is 1.30. The molecule has 1 unspecified atom stereocenters. The number of fused-ring (bicyclic) bond motifs is 1. The van der Waals surface area contributed by atoms with Crippen LogP contribution in [-0.2, 0) is 24.0 Å². The molecule has 12 heteroatoms. The predicted octanol–water partition coefficient (Wildman–Crippen LogP) is 4.85. The van der Waals surface area contributed by atoms with Crippen molar-refractivity contribution in [1.82, 2.24) is 25.8 Å². The van der Waals surface area contributed by atoms with Crippen LogP contribution in [0.25, 0.3) is 22.2 Å². The molecule has 4 N–H and O–H groups in total. The number of amides is 4. The van der Waals surface area contributed by atoms with E-state index in [-0.39, 0.29) is 36.6 Å². The summed E-state index contributed by atoms with van der Waals surface area (Å²) in [6.45, 7) is 6.93. The van der Waals surface area contributed by atoms with E-state index in [0.29, 0.717) is 24.3 Å². The second-order valence-corrected chi connectivity index (χ2v) is 15.3. The number of ether oxygens (including phenoxy) is 1. The number of carbonyl (C=O) groups is 5. The summed E-state index contributed by atoms with van der Waals surface area (Å²) in [6, 6.07) is 16.3. The van der Waals surface area contributed by atoms with Gasteiger partial charge in [-0.05, 0) is 49.1 Å². The number of likely N-dealkylation sites (tertiary alicyclic amines) is 1. The standard InChI is InChI=1S/C41H51N5O7/c1-5-28-22-41(28,40(51)52)45-37(48)33-20-29(53-34-21-32(26-14-8-6-9-15-26)43-31-19-13-12-18-30(31)34)23-46(33)39(50)35(24(2)3)44-38(49)36(42-25(4)47)27-16-10-7-11-17-27/h6,8-9,12-15,18-19,21,24,27-29,33,35-36H,5,7,10-11,16-17,20,22-23H2,1-4H3,(H,42,47)(H,44,49)(H,45,48)(H,51,52)/t28-,29-,33+,35+,36+,41?/m1/s1. The topological polar surface area (TPSA) is 167 Å². The van der Waals surface area contributed by atoms with Gasteiger partial charge in [0.2, 0.25) is 23.6 Å². The van der Waals surface area contributed by atoms with Crippen molar-refractivity contribution in [3.05, 3.63) is 60.7 Å². The highest BCUT2D eigenvalue weighted by Gasteiger charge is 2.61. The predicted molar refractivity (Wildman–Crippen MR) is 200 cm³/mol. The second-order valence-electron chi connectivity index (χ2n) is 15.3. The van der Waals surface area contributed by atoms with Gasteiger partial charge in [-0.1, -0.05) is 88.9 Å². The van der Waals surface area contributed by atoms with Crippen molar-refractivity contribution < 1.29 is 33.8 Å². The molecule has 53 heavy (non-hydrogen) atoms. The molecule has 2 saturated carbocycles. The highest BCUT2D eigenvalue weighted by atomic mass is 16.5. The van der Waals surface area contributed by atoms with E-state index in [4.69, 9.17) is 9.72 Å². The summed E-state index contributed by atoms with van der Waals surface area (Å²) in [4.78, 5) is 73.5. The van der Waals surface area contributed by atoms with Crippen LogP contribution >= 0.6 is 0 Å². The van der Waals surface area contributed by atoms with Crippen LogP contribution in [0.1, 0.15) is 79.1 Å². The van der Waals surface area contributed by atoms with Crippen molar-refractivity contribution in [3.8, 4) is 17.0 Å². The van der Waals surface area contributed by atoms with Gasteiger partial charge in [-0.2, -0.15) is 0 Å². The van der Waals surface area contributed by atoms with E-state index < -0.39 is 53.5 Å². The zero-order valence-electron chi connectivity index (χ0n) is 31.0. The molecule has 282 valence electrons. The lowest BCUT2D eigenvalue weighted by Crippen LogP contribution is -2.60. The fourth-order valence-corrected chi connectivity index (χ4v) is 8.17. The van der Waals surface area contributed by atoms with E-state index in [2.05, 4.69) is 16.0 Å². The molecule has 0 bridgehead atoms.